The van der Waals surface area contributed by atoms with E-state index in [1.165, 1.54) is 6.07 Å². The third kappa shape index (κ3) is 1.32. The summed E-state index contributed by atoms with van der Waals surface area (Å²) in [7, 11) is 0. The van der Waals surface area contributed by atoms with Crippen molar-refractivity contribution < 1.29 is 13.2 Å². The Morgan fingerprint density at radius 3 is 2.57 bits per heavy atom. The molecule has 0 saturated carbocycles. The lowest BCUT2D eigenvalue weighted by Gasteiger charge is -2.24. The first kappa shape index (κ1) is 10.2. The molecule has 1 aliphatic heterocycles. The molecule has 0 fully saturated rings. The normalized spacial score (nSPS) is 26.3. The third-order valence-corrected chi connectivity index (χ3v) is 4.14. The van der Waals surface area contributed by atoms with Crippen LogP contribution in [0, 0.1) is 0 Å². The molecule has 0 amide bonds. The number of halogens is 4. The topological polar surface area (TPSA) is 0 Å². The molecule has 0 spiro atoms. The van der Waals surface area contributed by atoms with E-state index in [1.807, 2.05) is 0 Å². The van der Waals surface area contributed by atoms with Crippen LogP contribution in [0.5, 0.6) is 0 Å². The Balaban J connectivity index is 2.53. The summed E-state index contributed by atoms with van der Waals surface area (Å²) >= 11 is 6.78. The van der Waals surface area contributed by atoms with E-state index in [0.29, 0.717) is 4.90 Å². The molecule has 0 bridgehead atoms. The van der Waals surface area contributed by atoms with E-state index in [1.54, 1.807) is 18.2 Å². The highest BCUT2D eigenvalue weighted by atomic mass is 35.5. The van der Waals surface area contributed by atoms with E-state index in [4.69, 9.17) is 11.6 Å². The predicted molar refractivity (Wildman–Crippen MR) is 50.8 cm³/mol. The number of thioether (sulfide) groups is 1. The molecule has 0 aromatic heterocycles. The van der Waals surface area contributed by atoms with Gasteiger partial charge in [0, 0.05) is 10.6 Å². The number of rotatable bonds is 0. The van der Waals surface area contributed by atoms with Gasteiger partial charge in [0.15, 0.2) is 4.87 Å². The summed E-state index contributed by atoms with van der Waals surface area (Å²) in [5.74, 6) is -0.141. The lowest BCUT2D eigenvalue weighted by atomic mass is 10.00. The van der Waals surface area contributed by atoms with Gasteiger partial charge in [-0.05, 0) is 11.6 Å². The van der Waals surface area contributed by atoms with E-state index in [0.717, 1.165) is 11.8 Å². The minimum Gasteiger partial charge on any atom is -0.169 e. The van der Waals surface area contributed by atoms with Crippen molar-refractivity contribution in [3.05, 3.63) is 29.8 Å². The molecule has 5 heteroatoms. The van der Waals surface area contributed by atoms with E-state index in [2.05, 4.69) is 0 Å². The molecular weight excluding hydrogens is 233 g/mol. The van der Waals surface area contributed by atoms with Crippen molar-refractivity contribution in [2.75, 3.05) is 5.75 Å². The van der Waals surface area contributed by atoms with Crippen molar-refractivity contribution >= 4 is 23.4 Å². The summed E-state index contributed by atoms with van der Waals surface area (Å²) in [5, 5.41) is 0. The average molecular weight is 239 g/mol. The smallest absolute Gasteiger partial charge is 0.169 e. The third-order valence-electron chi connectivity index (χ3n) is 2.19. The van der Waals surface area contributed by atoms with Crippen molar-refractivity contribution in [1.82, 2.24) is 0 Å². The Morgan fingerprint density at radius 2 is 1.93 bits per heavy atom. The molecule has 0 aliphatic carbocycles. The molecule has 1 atom stereocenters. The Labute approximate surface area is 88.4 Å². The van der Waals surface area contributed by atoms with Crippen molar-refractivity contribution in [3.63, 3.8) is 0 Å². The first-order valence-corrected chi connectivity index (χ1v) is 5.29. The molecule has 0 nitrogen and oxygen atoms in total. The SMILES string of the molecule is FC(F)(F)C1(Cl)CSc2ccccc21. The van der Waals surface area contributed by atoms with Gasteiger partial charge in [-0.15, -0.1) is 23.4 Å². The largest absolute Gasteiger partial charge is 0.412 e. The van der Waals surface area contributed by atoms with Crippen molar-refractivity contribution in [2.24, 2.45) is 0 Å². The van der Waals surface area contributed by atoms with Crippen LogP contribution in [-0.2, 0) is 4.87 Å². The van der Waals surface area contributed by atoms with Crippen LogP contribution < -0.4 is 0 Å². The van der Waals surface area contributed by atoms with Gasteiger partial charge >= 0.3 is 6.18 Å². The lowest BCUT2D eigenvalue weighted by molar-refractivity contribution is -0.158. The van der Waals surface area contributed by atoms with Crippen molar-refractivity contribution in [3.8, 4) is 0 Å². The van der Waals surface area contributed by atoms with E-state index < -0.39 is 11.1 Å². The van der Waals surface area contributed by atoms with Gasteiger partial charge in [0.25, 0.3) is 0 Å². The van der Waals surface area contributed by atoms with Crippen LogP contribution in [0.4, 0.5) is 13.2 Å². The standard InChI is InChI=1S/C9H6ClF3S/c10-8(9(11,12)13)5-14-7-4-2-1-3-6(7)8/h1-4H,5H2. The highest BCUT2D eigenvalue weighted by Gasteiger charge is 2.58. The van der Waals surface area contributed by atoms with Gasteiger partial charge in [0.1, 0.15) is 0 Å². The fraction of sp³-hybridized carbons (Fsp3) is 0.333. The highest BCUT2D eigenvalue weighted by molar-refractivity contribution is 7.99. The van der Waals surface area contributed by atoms with Crippen LogP contribution in [0.2, 0.25) is 0 Å². The first-order valence-electron chi connectivity index (χ1n) is 3.93. The Kier molecular flexibility index (Phi) is 2.23. The second-order valence-electron chi connectivity index (χ2n) is 3.08. The summed E-state index contributed by atoms with van der Waals surface area (Å²) < 4.78 is 38.0. The van der Waals surface area contributed by atoms with Gasteiger partial charge in [-0.2, -0.15) is 13.2 Å². The number of alkyl halides is 4. The molecule has 14 heavy (non-hydrogen) atoms. The molecule has 76 valence electrons. The molecular formula is C9H6ClF3S. The Bertz CT molecular complexity index is 363. The highest BCUT2D eigenvalue weighted by Crippen LogP contribution is 2.54. The van der Waals surface area contributed by atoms with Gasteiger partial charge in [0.05, 0.1) is 0 Å². The summed E-state index contributed by atoms with van der Waals surface area (Å²) in [4.78, 5) is -1.58. The fourth-order valence-corrected chi connectivity index (χ4v) is 3.04. The summed E-state index contributed by atoms with van der Waals surface area (Å²) in [5.41, 5.74) is 0.180. The minimum absolute atomic E-state index is 0.141. The van der Waals surface area contributed by atoms with Crippen LogP contribution in [0.1, 0.15) is 5.56 Å². The monoisotopic (exact) mass is 238 g/mol. The van der Waals surface area contributed by atoms with Crippen LogP contribution in [0.25, 0.3) is 0 Å². The van der Waals surface area contributed by atoms with Crippen molar-refractivity contribution in [2.45, 2.75) is 15.9 Å². The first-order chi connectivity index (χ1) is 6.45. The average Bonchev–Trinajstić information content (AvgIpc) is 2.45. The molecule has 0 radical (unpaired) electrons. The molecule has 0 N–H and O–H groups in total. The zero-order valence-electron chi connectivity index (χ0n) is 6.94. The maximum absolute atomic E-state index is 12.7. The Hall–Kier alpha value is -0.350. The molecule has 2 rings (SSSR count). The summed E-state index contributed by atoms with van der Waals surface area (Å²) in [6.07, 6.45) is -4.39. The molecule has 1 aromatic carbocycles. The maximum atomic E-state index is 12.7. The number of hydrogen-bond acceptors (Lipinski definition) is 1. The van der Waals surface area contributed by atoms with Crippen LogP contribution >= 0.6 is 23.4 Å². The molecule has 1 heterocycles. The van der Waals surface area contributed by atoms with Gasteiger partial charge in [0.2, 0.25) is 0 Å². The maximum Gasteiger partial charge on any atom is 0.412 e. The predicted octanol–water partition coefficient (Wildman–Crippen LogP) is 3.79. The van der Waals surface area contributed by atoms with Gasteiger partial charge in [-0.3, -0.25) is 0 Å². The van der Waals surface area contributed by atoms with E-state index in [-0.39, 0.29) is 11.3 Å². The zero-order chi connectivity index (χ0) is 10.4. The second-order valence-corrected chi connectivity index (χ2v) is 4.75. The number of benzene rings is 1. The van der Waals surface area contributed by atoms with Crippen LogP contribution in [0.3, 0.4) is 0 Å². The van der Waals surface area contributed by atoms with Crippen molar-refractivity contribution in [1.29, 1.82) is 0 Å². The molecule has 0 saturated heterocycles. The molecule has 1 aliphatic rings. The van der Waals surface area contributed by atoms with Crippen LogP contribution in [-0.4, -0.2) is 11.9 Å². The lowest BCUT2D eigenvalue weighted by Crippen LogP contribution is -2.37. The van der Waals surface area contributed by atoms with E-state index >= 15 is 0 Å². The second kappa shape index (κ2) is 3.07. The fourth-order valence-electron chi connectivity index (χ4n) is 1.41. The number of fused-ring (bicyclic) bond motifs is 1. The van der Waals surface area contributed by atoms with Gasteiger partial charge in [-0.1, -0.05) is 18.2 Å². The quantitative estimate of drug-likeness (QED) is 0.620. The zero-order valence-corrected chi connectivity index (χ0v) is 8.51. The van der Waals surface area contributed by atoms with Gasteiger partial charge in [-0.25, -0.2) is 0 Å². The van der Waals surface area contributed by atoms with E-state index in [9.17, 15) is 13.2 Å². The summed E-state index contributed by atoms with van der Waals surface area (Å²) in [6, 6.07) is 6.39. The summed E-state index contributed by atoms with van der Waals surface area (Å²) in [6.45, 7) is 0. The Morgan fingerprint density at radius 1 is 1.29 bits per heavy atom. The van der Waals surface area contributed by atoms with Gasteiger partial charge < -0.3 is 0 Å². The molecule has 1 unspecified atom stereocenters. The minimum atomic E-state index is -4.39. The van der Waals surface area contributed by atoms with Crippen LogP contribution in [0.15, 0.2) is 29.2 Å². The molecule has 1 aromatic rings. The number of hydrogen-bond donors (Lipinski definition) is 0.